The fraction of sp³-hybridized carbons (Fsp3) is 0.333. The molecule has 1 aliphatic rings. The minimum atomic E-state index is -0.885. The highest BCUT2D eigenvalue weighted by molar-refractivity contribution is 6.51. The van der Waals surface area contributed by atoms with E-state index in [9.17, 15) is 14.7 Å². The van der Waals surface area contributed by atoms with Crippen molar-refractivity contribution in [1.82, 2.24) is 0 Å². The second kappa shape index (κ2) is 11.1. The zero-order valence-electron chi connectivity index (χ0n) is 24.5. The average molecular weight is 543 g/mol. The van der Waals surface area contributed by atoms with Crippen molar-refractivity contribution in [3.05, 3.63) is 89.0 Å². The van der Waals surface area contributed by atoms with Gasteiger partial charge in [0.15, 0.2) is 0 Å². The van der Waals surface area contributed by atoms with Gasteiger partial charge in [-0.05, 0) is 78.9 Å². The van der Waals surface area contributed by atoms with E-state index in [1.54, 1.807) is 6.07 Å². The Bertz CT molecular complexity index is 1450. The number of carbonyl (C=O) groups excluding carboxylic acids is 2. The van der Waals surface area contributed by atoms with Crippen molar-refractivity contribution in [3.8, 4) is 11.5 Å². The molecular formula is C33H38N2O5. The Morgan fingerprint density at radius 3 is 2.23 bits per heavy atom. The van der Waals surface area contributed by atoms with E-state index in [0.717, 1.165) is 11.3 Å². The molecule has 1 atom stereocenters. The molecule has 0 radical (unpaired) electrons. The van der Waals surface area contributed by atoms with Crippen molar-refractivity contribution >= 4 is 28.8 Å². The first kappa shape index (κ1) is 28.7. The van der Waals surface area contributed by atoms with Gasteiger partial charge in [-0.1, -0.05) is 39.0 Å². The van der Waals surface area contributed by atoms with Gasteiger partial charge in [-0.3, -0.25) is 14.5 Å². The van der Waals surface area contributed by atoms with Crippen molar-refractivity contribution in [1.29, 1.82) is 0 Å². The Hall–Kier alpha value is -4.26. The molecule has 1 saturated heterocycles. The molecule has 0 bridgehead atoms. The van der Waals surface area contributed by atoms with Gasteiger partial charge < -0.3 is 19.5 Å². The zero-order chi connectivity index (χ0) is 29.4. The van der Waals surface area contributed by atoms with Crippen LogP contribution in [0.1, 0.15) is 57.4 Å². The molecule has 3 aromatic rings. The Morgan fingerprint density at radius 1 is 0.975 bits per heavy atom. The highest BCUT2D eigenvalue weighted by Gasteiger charge is 2.47. The third kappa shape index (κ3) is 5.55. The summed E-state index contributed by atoms with van der Waals surface area (Å²) >= 11 is 0. The van der Waals surface area contributed by atoms with Crippen LogP contribution in [-0.2, 0) is 15.0 Å². The number of anilines is 2. The van der Waals surface area contributed by atoms with Crippen LogP contribution in [0.4, 0.5) is 11.4 Å². The van der Waals surface area contributed by atoms with E-state index in [4.69, 9.17) is 9.47 Å². The number of amides is 1. The normalized spacial score (nSPS) is 16.9. The van der Waals surface area contributed by atoms with E-state index < -0.39 is 17.7 Å². The lowest BCUT2D eigenvalue weighted by atomic mass is 9.85. The molecule has 0 aliphatic carbocycles. The van der Waals surface area contributed by atoms with Gasteiger partial charge >= 0.3 is 0 Å². The average Bonchev–Trinajstić information content (AvgIpc) is 3.17. The summed E-state index contributed by atoms with van der Waals surface area (Å²) in [5.74, 6) is -0.757. The van der Waals surface area contributed by atoms with Crippen LogP contribution in [0.5, 0.6) is 11.5 Å². The summed E-state index contributed by atoms with van der Waals surface area (Å²) in [5, 5.41) is 11.8. The predicted molar refractivity (Wildman–Crippen MR) is 159 cm³/mol. The molecule has 1 heterocycles. The van der Waals surface area contributed by atoms with Gasteiger partial charge in [0.25, 0.3) is 11.7 Å². The number of aliphatic hydroxyl groups is 1. The van der Waals surface area contributed by atoms with Gasteiger partial charge in [0.2, 0.25) is 0 Å². The van der Waals surface area contributed by atoms with Gasteiger partial charge in [-0.2, -0.15) is 0 Å². The van der Waals surface area contributed by atoms with Gasteiger partial charge in [-0.25, -0.2) is 0 Å². The fourth-order valence-corrected chi connectivity index (χ4v) is 4.86. The SMILES string of the molecule is COc1ccc(C(C)(C)C)cc1/C(O)=C1\C(=O)C(=O)N(c2ccc(N(C)C)cc2)C1c1cccc(OC(C)C)c1. The molecule has 1 N–H and O–H groups in total. The number of benzene rings is 3. The molecule has 1 amide bonds. The van der Waals surface area contributed by atoms with Crippen LogP contribution < -0.4 is 19.3 Å². The smallest absolute Gasteiger partial charge is 0.300 e. The van der Waals surface area contributed by atoms with Crippen molar-refractivity contribution in [2.45, 2.75) is 52.2 Å². The molecule has 7 heteroatoms. The van der Waals surface area contributed by atoms with E-state index in [2.05, 4.69) is 20.8 Å². The van der Waals surface area contributed by atoms with Crippen LogP contribution in [0.25, 0.3) is 5.76 Å². The number of rotatable bonds is 7. The maximum absolute atomic E-state index is 13.7. The van der Waals surface area contributed by atoms with Gasteiger partial charge in [-0.15, -0.1) is 0 Å². The molecule has 7 nitrogen and oxygen atoms in total. The zero-order valence-corrected chi connectivity index (χ0v) is 24.5. The first-order chi connectivity index (χ1) is 18.8. The standard InChI is InChI=1S/C33H38N2O5/c1-20(2)40-25-11-9-10-21(18-25)29-28(30(36)26-19-22(33(3,4)5)12-17-27(26)39-8)31(37)32(38)35(29)24-15-13-23(14-16-24)34(6)7/h9-20,29,36H,1-8H3/b30-28+. The fourth-order valence-electron chi connectivity index (χ4n) is 4.86. The van der Waals surface area contributed by atoms with E-state index in [1.165, 1.54) is 12.0 Å². The van der Waals surface area contributed by atoms with Gasteiger partial charge in [0, 0.05) is 25.5 Å². The number of aliphatic hydroxyl groups excluding tert-OH is 1. The van der Waals surface area contributed by atoms with Crippen molar-refractivity contribution in [2.24, 2.45) is 0 Å². The number of hydrogen-bond donors (Lipinski definition) is 1. The molecule has 0 spiro atoms. The third-order valence-corrected chi connectivity index (χ3v) is 6.95. The molecule has 210 valence electrons. The summed E-state index contributed by atoms with van der Waals surface area (Å²) in [5.41, 5.74) is 3.22. The minimum Gasteiger partial charge on any atom is -0.507 e. The first-order valence-electron chi connectivity index (χ1n) is 13.4. The largest absolute Gasteiger partial charge is 0.507 e. The first-order valence-corrected chi connectivity index (χ1v) is 13.4. The number of methoxy groups -OCH3 is 1. The highest BCUT2D eigenvalue weighted by atomic mass is 16.5. The summed E-state index contributed by atoms with van der Waals surface area (Å²) in [6, 6.07) is 19.3. The van der Waals surface area contributed by atoms with Crippen molar-refractivity contribution in [3.63, 3.8) is 0 Å². The summed E-state index contributed by atoms with van der Waals surface area (Å²) in [4.78, 5) is 30.8. The summed E-state index contributed by atoms with van der Waals surface area (Å²) in [7, 11) is 5.37. The predicted octanol–water partition coefficient (Wildman–Crippen LogP) is 6.47. The van der Waals surface area contributed by atoms with Crippen LogP contribution >= 0.6 is 0 Å². The molecule has 3 aromatic carbocycles. The topological polar surface area (TPSA) is 79.3 Å². The van der Waals surface area contributed by atoms with E-state index in [1.807, 2.05) is 93.5 Å². The molecule has 1 unspecified atom stereocenters. The second-order valence-electron chi connectivity index (χ2n) is 11.5. The lowest BCUT2D eigenvalue weighted by molar-refractivity contribution is -0.132. The highest BCUT2D eigenvalue weighted by Crippen LogP contribution is 2.44. The summed E-state index contributed by atoms with van der Waals surface area (Å²) in [6.45, 7) is 10.1. The molecular weight excluding hydrogens is 504 g/mol. The number of ether oxygens (including phenoxy) is 2. The van der Waals surface area contributed by atoms with Crippen LogP contribution in [0.15, 0.2) is 72.3 Å². The van der Waals surface area contributed by atoms with Crippen LogP contribution in [0.2, 0.25) is 0 Å². The van der Waals surface area contributed by atoms with Crippen molar-refractivity contribution < 1.29 is 24.2 Å². The van der Waals surface area contributed by atoms with Crippen LogP contribution in [0, 0.1) is 0 Å². The third-order valence-electron chi connectivity index (χ3n) is 6.95. The van der Waals surface area contributed by atoms with E-state index >= 15 is 0 Å². The summed E-state index contributed by atoms with van der Waals surface area (Å²) in [6.07, 6.45) is -0.0652. The van der Waals surface area contributed by atoms with E-state index in [-0.39, 0.29) is 22.9 Å². The lowest BCUT2D eigenvalue weighted by Crippen LogP contribution is -2.29. The number of Topliss-reactive ketones (excluding diaryl/α,β-unsaturated/α-hetero) is 1. The molecule has 0 aromatic heterocycles. The molecule has 1 fully saturated rings. The van der Waals surface area contributed by atoms with Gasteiger partial charge in [0.05, 0.1) is 30.4 Å². The maximum Gasteiger partial charge on any atom is 0.300 e. The van der Waals surface area contributed by atoms with Crippen molar-refractivity contribution in [2.75, 3.05) is 31.0 Å². The molecule has 0 saturated carbocycles. The quantitative estimate of drug-likeness (QED) is 0.209. The van der Waals surface area contributed by atoms with E-state index in [0.29, 0.717) is 28.3 Å². The lowest BCUT2D eigenvalue weighted by Gasteiger charge is -2.27. The number of nitrogens with zero attached hydrogens (tertiary/aromatic N) is 2. The minimum absolute atomic E-state index is 0.00672. The Labute approximate surface area is 236 Å². The second-order valence-corrected chi connectivity index (χ2v) is 11.5. The Balaban J connectivity index is 1.98. The van der Waals surface area contributed by atoms with Crippen LogP contribution in [0.3, 0.4) is 0 Å². The number of hydrogen-bond acceptors (Lipinski definition) is 6. The molecule has 40 heavy (non-hydrogen) atoms. The Morgan fingerprint density at radius 2 is 1.65 bits per heavy atom. The molecule has 1 aliphatic heterocycles. The maximum atomic E-state index is 13.7. The number of carbonyl (C=O) groups is 2. The number of ketones is 1. The molecule has 4 rings (SSSR count). The van der Waals surface area contributed by atoms with Crippen LogP contribution in [-0.4, -0.2) is 44.1 Å². The van der Waals surface area contributed by atoms with Gasteiger partial charge in [0.1, 0.15) is 17.3 Å². The Kier molecular flexibility index (Phi) is 7.96. The summed E-state index contributed by atoms with van der Waals surface area (Å²) < 4.78 is 11.5. The monoisotopic (exact) mass is 542 g/mol.